The molecule has 134 valence electrons. The highest BCUT2D eigenvalue weighted by atomic mass is 32.1. The molecule has 0 spiro atoms. The topological polar surface area (TPSA) is 89.9 Å². The van der Waals surface area contributed by atoms with Crippen LogP contribution in [0, 0.1) is 4.77 Å². The molecule has 0 amide bonds. The first-order chi connectivity index (χ1) is 12.1. The summed E-state index contributed by atoms with van der Waals surface area (Å²) in [5.41, 5.74) is 1.30. The molecule has 25 heavy (non-hydrogen) atoms. The summed E-state index contributed by atoms with van der Waals surface area (Å²) in [5.74, 6) is -0.157. The fourth-order valence-electron chi connectivity index (χ4n) is 2.45. The maximum atomic E-state index is 12.1. The smallest absolute Gasteiger partial charge is 0.305 e. The van der Waals surface area contributed by atoms with Crippen molar-refractivity contribution in [2.45, 2.75) is 45.6 Å². The zero-order valence-electron chi connectivity index (χ0n) is 14.2. The lowest BCUT2D eigenvalue weighted by Gasteiger charge is -2.09. The van der Waals surface area contributed by atoms with Crippen LogP contribution in [0.5, 0.6) is 0 Å². The molecule has 2 aromatic rings. The van der Waals surface area contributed by atoms with Gasteiger partial charge in [-0.2, -0.15) is 0 Å². The summed E-state index contributed by atoms with van der Waals surface area (Å²) in [6.07, 6.45) is 10.1. The molecule has 0 fully saturated rings. The van der Waals surface area contributed by atoms with Crippen molar-refractivity contribution in [2.24, 2.45) is 0 Å². The Bertz CT molecular complexity index is 802. The lowest BCUT2D eigenvalue weighted by atomic mass is 10.1. The largest absolute Gasteiger partial charge is 0.466 e. The van der Waals surface area contributed by atoms with Crippen LogP contribution in [0.4, 0.5) is 0 Å². The molecule has 0 saturated carbocycles. The summed E-state index contributed by atoms with van der Waals surface area (Å²) < 4.78 is 7.17. The second-order valence-electron chi connectivity index (χ2n) is 5.65. The molecule has 0 saturated heterocycles. The molecule has 0 atom stereocenters. The van der Waals surface area contributed by atoms with Gasteiger partial charge >= 0.3 is 5.97 Å². The van der Waals surface area contributed by atoms with E-state index in [1.165, 1.54) is 6.33 Å². The van der Waals surface area contributed by atoms with E-state index in [0.29, 0.717) is 36.3 Å². The molecule has 2 aromatic heterocycles. The van der Waals surface area contributed by atoms with Gasteiger partial charge in [0.15, 0.2) is 4.77 Å². The number of hydrogen-bond donors (Lipinski definition) is 1. The normalized spacial score (nSPS) is 10.6. The molecule has 2 heterocycles. The van der Waals surface area contributed by atoms with Gasteiger partial charge in [-0.1, -0.05) is 6.42 Å². The SMILES string of the molecule is CCOC(=O)CCCCCn1cc(Cc2cncnc2)c(=O)[nH]c1=S. The Labute approximate surface area is 151 Å². The van der Waals surface area contributed by atoms with E-state index >= 15 is 0 Å². The third-order valence-electron chi connectivity index (χ3n) is 3.68. The molecule has 2 rings (SSSR count). The monoisotopic (exact) mass is 362 g/mol. The van der Waals surface area contributed by atoms with Gasteiger partial charge in [0.05, 0.1) is 6.61 Å². The van der Waals surface area contributed by atoms with Crippen LogP contribution >= 0.6 is 12.2 Å². The van der Waals surface area contributed by atoms with Crippen LogP contribution in [-0.4, -0.2) is 32.1 Å². The Morgan fingerprint density at radius 1 is 1.28 bits per heavy atom. The summed E-state index contributed by atoms with van der Waals surface area (Å²) in [5, 5.41) is 0. The van der Waals surface area contributed by atoms with Crippen molar-refractivity contribution in [2.75, 3.05) is 6.61 Å². The van der Waals surface area contributed by atoms with Crippen molar-refractivity contribution >= 4 is 18.2 Å². The van der Waals surface area contributed by atoms with Crippen LogP contribution in [0.25, 0.3) is 0 Å². The number of esters is 1. The van der Waals surface area contributed by atoms with Gasteiger partial charge in [0.25, 0.3) is 5.56 Å². The minimum atomic E-state index is -0.188. The molecule has 0 aromatic carbocycles. The Balaban J connectivity index is 1.92. The summed E-state index contributed by atoms with van der Waals surface area (Å²) in [6.45, 7) is 2.91. The molecule has 8 heteroatoms. The van der Waals surface area contributed by atoms with Gasteiger partial charge in [-0.05, 0) is 37.5 Å². The van der Waals surface area contributed by atoms with Gasteiger partial charge in [0.1, 0.15) is 6.33 Å². The maximum absolute atomic E-state index is 12.1. The van der Waals surface area contributed by atoms with Crippen molar-refractivity contribution in [1.29, 1.82) is 0 Å². The van der Waals surface area contributed by atoms with Crippen molar-refractivity contribution in [3.63, 3.8) is 0 Å². The Kier molecular flexibility index (Phi) is 7.46. The van der Waals surface area contributed by atoms with E-state index in [1.807, 2.05) is 4.57 Å². The molecule has 1 N–H and O–H groups in total. The van der Waals surface area contributed by atoms with Gasteiger partial charge in [-0.15, -0.1) is 0 Å². The molecule has 0 radical (unpaired) electrons. The lowest BCUT2D eigenvalue weighted by Crippen LogP contribution is -2.18. The molecule has 7 nitrogen and oxygen atoms in total. The minimum Gasteiger partial charge on any atom is -0.466 e. The molecule has 0 aliphatic rings. The average Bonchev–Trinajstić information content (AvgIpc) is 2.59. The van der Waals surface area contributed by atoms with Gasteiger partial charge in [-0.25, -0.2) is 9.97 Å². The standard InChI is InChI=1S/C17H22N4O3S/c1-2-24-15(22)6-4-3-5-7-21-11-14(16(23)20-17(21)25)8-13-9-18-12-19-10-13/h9-12H,2-8H2,1H3,(H,20,23,25). The van der Waals surface area contributed by atoms with Crippen LogP contribution in [-0.2, 0) is 22.5 Å². The molecule has 0 aliphatic carbocycles. The zero-order valence-corrected chi connectivity index (χ0v) is 15.1. The van der Waals surface area contributed by atoms with E-state index in [9.17, 15) is 9.59 Å². The summed E-state index contributed by atoms with van der Waals surface area (Å²) >= 11 is 5.23. The van der Waals surface area contributed by atoms with E-state index in [2.05, 4.69) is 15.0 Å². The number of H-pyrrole nitrogens is 1. The number of hydrogen-bond acceptors (Lipinski definition) is 6. The van der Waals surface area contributed by atoms with Crippen LogP contribution in [0.15, 0.2) is 29.7 Å². The number of unbranched alkanes of at least 4 members (excludes halogenated alkanes) is 2. The van der Waals surface area contributed by atoms with Crippen LogP contribution in [0.3, 0.4) is 0 Å². The Hall–Kier alpha value is -2.35. The van der Waals surface area contributed by atoms with Gasteiger partial charge in [0.2, 0.25) is 0 Å². The van der Waals surface area contributed by atoms with E-state index < -0.39 is 0 Å². The van der Waals surface area contributed by atoms with E-state index in [4.69, 9.17) is 17.0 Å². The summed E-state index contributed by atoms with van der Waals surface area (Å²) in [4.78, 5) is 34.0. The number of nitrogens with one attached hydrogen (secondary N) is 1. The highest BCUT2D eigenvalue weighted by Crippen LogP contribution is 2.06. The van der Waals surface area contributed by atoms with Crippen LogP contribution in [0.2, 0.25) is 0 Å². The highest BCUT2D eigenvalue weighted by Gasteiger charge is 2.06. The van der Waals surface area contributed by atoms with Crippen molar-refractivity contribution < 1.29 is 9.53 Å². The molecule has 0 unspecified atom stereocenters. The second-order valence-corrected chi connectivity index (χ2v) is 6.03. The first-order valence-electron chi connectivity index (χ1n) is 8.32. The summed E-state index contributed by atoms with van der Waals surface area (Å²) in [7, 11) is 0. The first kappa shape index (κ1) is 19.0. The fraction of sp³-hybridized carbons (Fsp3) is 0.471. The summed E-state index contributed by atoms with van der Waals surface area (Å²) in [6, 6.07) is 0. The number of aromatic nitrogens is 4. The number of nitrogens with zero attached hydrogens (tertiary/aromatic N) is 3. The van der Waals surface area contributed by atoms with Crippen molar-refractivity contribution in [3.8, 4) is 0 Å². The average molecular weight is 362 g/mol. The number of aromatic amines is 1. The number of carbonyl (C=O) groups excluding carboxylic acids is 1. The molecule has 0 bridgehead atoms. The van der Waals surface area contributed by atoms with E-state index in [-0.39, 0.29) is 11.5 Å². The fourth-order valence-corrected chi connectivity index (χ4v) is 2.69. The number of carbonyl (C=O) groups is 1. The third kappa shape index (κ3) is 6.22. The first-order valence-corrected chi connectivity index (χ1v) is 8.73. The van der Waals surface area contributed by atoms with Crippen LogP contribution < -0.4 is 5.56 Å². The highest BCUT2D eigenvalue weighted by molar-refractivity contribution is 7.71. The second kappa shape index (κ2) is 9.83. The number of ether oxygens (including phenoxy) is 1. The molecular formula is C17H22N4O3S. The van der Waals surface area contributed by atoms with Crippen molar-refractivity contribution in [1.82, 2.24) is 19.5 Å². The number of rotatable bonds is 9. The van der Waals surface area contributed by atoms with Gasteiger partial charge < -0.3 is 9.30 Å². The van der Waals surface area contributed by atoms with Gasteiger partial charge in [0, 0.05) is 43.5 Å². The van der Waals surface area contributed by atoms with Gasteiger partial charge in [-0.3, -0.25) is 14.6 Å². The third-order valence-corrected chi connectivity index (χ3v) is 4.02. The predicted molar refractivity (Wildman–Crippen MR) is 95.8 cm³/mol. The maximum Gasteiger partial charge on any atom is 0.305 e. The number of aryl methyl sites for hydroxylation is 1. The quantitative estimate of drug-likeness (QED) is 0.418. The Morgan fingerprint density at radius 2 is 2.04 bits per heavy atom. The zero-order chi connectivity index (χ0) is 18.1. The molecule has 0 aliphatic heterocycles. The van der Waals surface area contributed by atoms with Crippen LogP contribution in [0.1, 0.15) is 43.7 Å². The lowest BCUT2D eigenvalue weighted by molar-refractivity contribution is -0.143. The van der Waals surface area contributed by atoms with Crippen molar-refractivity contribution in [3.05, 3.63) is 51.2 Å². The Morgan fingerprint density at radius 3 is 2.76 bits per heavy atom. The van der Waals surface area contributed by atoms with E-state index in [0.717, 1.165) is 24.8 Å². The minimum absolute atomic E-state index is 0.157. The molecular weight excluding hydrogens is 340 g/mol. The van der Waals surface area contributed by atoms with E-state index in [1.54, 1.807) is 25.5 Å². The predicted octanol–water partition coefficient (Wildman–Crippen LogP) is 2.41.